The van der Waals surface area contributed by atoms with Crippen molar-refractivity contribution in [1.82, 2.24) is 9.78 Å². The number of aryl methyl sites for hydroxylation is 1. The van der Waals surface area contributed by atoms with Gasteiger partial charge in [0.05, 0.1) is 23.8 Å². The highest BCUT2D eigenvalue weighted by Gasteiger charge is 2.29. The minimum atomic E-state index is 0.162. The molecule has 0 saturated carbocycles. The summed E-state index contributed by atoms with van der Waals surface area (Å²) in [7, 11) is 0. The molecule has 0 aliphatic carbocycles. The topological polar surface area (TPSA) is 46.9 Å². The second-order valence-electron chi connectivity index (χ2n) is 8.50. The van der Waals surface area contributed by atoms with Gasteiger partial charge in [0, 0.05) is 6.42 Å². The number of rotatable bonds is 6. The summed E-state index contributed by atoms with van der Waals surface area (Å²) in [5, 5.41) is 10.6. The van der Waals surface area contributed by atoms with Crippen molar-refractivity contribution in [1.29, 1.82) is 0 Å². The molecule has 0 bridgehead atoms. The van der Waals surface area contributed by atoms with Crippen LogP contribution in [0.25, 0.3) is 10.8 Å². The highest BCUT2D eigenvalue weighted by molar-refractivity contribution is 6.00. The normalized spacial score (nSPS) is 17.8. The van der Waals surface area contributed by atoms with Crippen LogP contribution in [-0.4, -0.2) is 15.6 Å². The third-order valence-electron chi connectivity index (χ3n) is 6.29. The maximum atomic E-state index is 13.0. The maximum Gasteiger partial charge on any atom is 0.168 e. The average molecular weight is 410 g/mol. The highest BCUT2D eigenvalue weighted by Crippen LogP contribution is 2.36. The molecule has 0 amide bonds. The van der Waals surface area contributed by atoms with E-state index in [1.807, 2.05) is 10.7 Å². The molecule has 4 nitrogen and oxygen atoms in total. The van der Waals surface area contributed by atoms with E-state index in [-0.39, 0.29) is 17.9 Å². The van der Waals surface area contributed by atoms with E-state index in [4.69, 9.17) is 0 Å². The molecule has 31 heavy (non-hydrogen) atoms. The zero-order valence-corrected chi connectivity index (χ0v) is 17.8. The summed E-state index contributed by atoms with van der Waals surface area (Å²) in [6.45, 7) is 2.17. The third-order valence-corrected chi connectivity index (χ3v) is 6.29. The molecule has 2 unspecified atom stereocenters. The molecule has 3 aromatic carbocycles. The molecule has 2 heterocycles. The molecule has 1 N–H and O–H groups in total. The molecule has 1 aromatic heterocycles. The summed E-state index contributed by atoms with van der Waals surface area (Å²) in [4.78, 5) is 13.0. The van der Waals surface area contributed by atoms with Crippen molar-refractivity contribution in [3.05, 3.63) is 95.7 Å². The average Bonchev–Trinajstić information content (AvgIpc) is 3.24. The fourth-order valence-electron chi connectivity index (χ4n) is 4.60. The molecule has 0 radical (unpaired) electrons. The zero-order valence-electron chi connectivity index (χ0n) is 17.8. The quantitative estimate of drug-likeness (QED) is 0.377. The van der Waals surface area contributed by atoms with Gasteiger partial charge in [0.2, 0.25) is 0 Å². The minimum Gasteiger partial charge on any atom is -0.363 e. The summed E-state index contributed by atoms with van der Waals surface area (Å²) in [5.74, 6) is 1.03. The van der Waals surface area contributed by atoms with Gasteiger partial charge in [0.15, 0.2) is 5.78 Å². The van der Waals surface area contributed by atoms with Crippen LogP contribution in [0.15, 0.2) is 79.0 Å². The van der Waals surface area contributed by atoms with Gasteiger partial charge >= 0.3 is 0 Å². The van der Waals surface area contributed by atoms with Gasteiger partial charge in [-0.1, -0.05) is 72.8 Å². The fraction of sp³-hybridized carbons (Fsp3) is 0.259. The van der Waals surface area contributed by atoms with Crippen molar-refractivity contribution in [2.45, 2.75) is 44.7 Å². The van der Waals surface area contributed by atoms with Crippen LogP contribution < -0.4 is 5.32 Å². The molecule has 1 aliphatic rings. The molecule has 0 spiro atoms. The maximum absolute atomic E-state index is 13.0. The van der Waals surface area contributed by atoms with Crippen molar-refractivity contribution >= 4 is 22.4 Å². The smallest absolute Gasteiger partial charge is 0.168 e. The van der Waals surface area contributed by atoms with Gasteiger partial charge in [-0.2, -0.15) is 5.10 Å². The zero-order chi connectivity index (χ0) is 21.2. The molecular weight excluding hydrogens is 382 g/mol. The Balaban J connectivity index is 1.27. The summed E-state index contributed by atoms with van der Waals surface area (Å²) in [6, 6.07) is 25.8. The lowest BCUT2D eigenvalue weighted by atomic mass is 9.97. The SMILES string of the molecule is CC1CC(c2ccccc2)Nc2c(C(=O)CCCc3ccc4ccccc4c3)cnn21. The lowest BCUT2D eigenvalue weighted by molar-refractivity contribution is 0.0980. The fourth-order valence-corrected chi connectivity index (χ4v) is 4.60. The molecule has 0 saturated heterocycles. The Morgan fingerprint density at radius 1 is 1.03 bits per heavy atom. The number of Topliss-reactive ketones (excluding diaryl/α,β-unsaturated/α-hetero) is 1. The number of anilines is 1. The minimum absolute atomic E-state index is 0.162. The van der Waals surface area contributed by atoms with Crippen LogP contribution in [0.3, 0.4) is 0 Å². The van der Waals surface area contributed by atoms with Crippen LogP contribution in [0.1, 0.15) is 59.8 Å². The van der Waals surface area contributed by atoms with E-state index in [2.05, 4.69) is 84.1 Å². The molecule has 4 aromatic rings. The van der Waals surface area contributed by atoms with E-state index in [1.165, 1.54) is 21.9 Å². The lowest BCUT2D eigenvalue weighted by Crippen LogP contribution is -2.26. The second-order valence-corrected chi connectivity index (χ2v) is 8.50. The Morgan fingerprint density at radius 2 is 1.81 bits per heavy atom. The number of nitrogens with one attached hydrogen (secondary N) is 1. The van der Waals surface area contributed by atoms with Crippen molar-refractivity contribution in [2.75, 3.05) is 5.32 Å². The first-order valence-corrected chi connectivity index (χ1v) is 11.1. The number of hydrogen-bond acceptors (Lipinski definition) is 3. The van der Waals surface area contributed by atoms with Crippen LogP contribution in [-0.2, 0) is 6.42 Å². The number of fused-ring (bicyclic) bond motifs is 2. The van der Waals surface area contributed by atoms with E-state index >= 15 is 0 Å². The van der Waals surface area contributed by atoms with Crippen LogP contribution in [0.2, 0.25) is 0 Å². The molecule has 2 atom stereocenters. The number of carbonyl (C=O) groups is 1. The Bertz CT molecular complexity index is 1210. The number of benzene rings is 3. The molecule has 0 fully saturated rings. The van der Waals surface area contributed by atoms with Crippen LogP contribution in [0.4, 0.5) is 5.82 Å². The lowest BCUT2D eigenvalue weighted by Gasteiger charge is -2.31. The Hall–Kier alpha value is -3.40. The Labute approximate surface area is 182 Å². The molecular formula is C27H27N3O. The van der Waals surface area contributed by atoms with Crippen molar-refractivity contribution in [3.63, 3.8) is 0 Å². The van der Waals surface area contributed by atoms with Gasteiger partial charge in [-0.05, 0) is 48.1 Å². The number of hydrogen-bond donors (Lipinski definition) is 1. The largest absolute Gasteiger partial charge is 0.363 e. The number of carbonyl (C=O) groups excluding carboxylic acids is 1. The van der Waals surface area contributed by atoms with E-state index in [0.717, 1.165) is 25.1 Å². The summed E-state index contributed by atoms with van der Waals surface area (Å²) in [6.07, 6.45) is 4.95. The molecule has 156 valence electrons. The molecule has 4 heteroatoms. The van der Waals surface area contributed by atoms with Gasteiger partial charge in [-0.15, -0.1) is 0 Å². The highest BCUT2D eigenvalue weighted by atomic mass is 16.1. The van der Waals surface area contributed by atoms with Gasteiger partial charge in [0.25, 0.3) is 0 Å². The standard InChI is InChI=1S/C27H27N3O/c1-19-16-25(22-10-3-2-4-11-22)29-27-24(18-28-30(19)27)26(31)13-7-8-20-14-15-21-9-5-6-12-23(21)17-20/h2-6,9-12,14-15,17-19,25,29H,7-8,13,16H2,1H3. The van der Waals surface area contributed by atoms with Gasteiger partial charge < -0.3 is 5.32 Å². The molecule has 5 rings (SSSR count). The summed E-state index contributed by atoms with van der Waals surface area (Å²) < 4.78 is 1.97. The van der Waals surface area contributed by atoms with Crippen LogP contribution in [0.5, 0.6) is 0 Å². The summed E-state index contributed by atoms with van der Waals surface area (Å²) >= 11 is 0. The first-order valence-electron chi connectivity index (χ1n) is 11.1. The van der Waals surface area contributed by atoms with Gasteiger partial charge in [-0.25, -0.2) is 4.68 Å². The van der Waals surface area contributed by atoms with Crippen LogP contribution in [0, 0.1) is 0 Å². The van der Waals surface area contributed by atoms with E-state index in [1.54, 1.807) is 6.20 Å². The number of ketones is 1. The number of nitrogens with zero attached hydrogens (tertiary/aromatic N) is 2. The van der Waals surface area contributed by atoms with E-state index in [0.29, 0.717) is 12.0 Å². The summed E-state index contributed by atoms with van der Waals surface area (Å²) in [5.41, 5.74) is 3.24. The predicted octanol–water partition coefficient (Wildman–Crippen LogP) is 6.36. The van der Waals surface area contributed by atoms with E-state index in [9.17, 15) is 4.79 Å². The second kappa shape index (κ2) is 8.38. The predicted molar refractivity (Wildman–Crippen MR) is 126 cm³/mol. The first kappa shape index (κ1) is 19.6. The van der Waals surface area contributed by atoms with Crippen molar-refractivity contribution in [3.8, 4) is 0 Å². The van der Waals surface area contributed by atoms with Gasteiger partial charge in [0.1, 0.15) is 5.82 Å². The third kappa shape index (κ3) is 3.98. The van der Waals surface area contributed by atoms with Crippen LogP contribution >= 0.6 is 0 Å². The van der Waals surface area contributed by atoms with E-state index < -0.39 is 0 Å². The molecule has 1 aliphatic heterocycles. The Kier molecular flexibility index (Phi) is 5.29. The monoisotopic (exact) mass is 409 g/mol. The Morgan fingerprint density at radius 3 is 2.65 bits per heavy atom. The first-order chi connectivity index (χ1) is 15.2. The van der Waals surface area contributed by atoms with Crippen molar-refractivity contribution in [2.24, 2.45) is 0 Å². The number of aromatic nitrogens is 2. The van der Waals surface area contributed by atoms with Gasteiger partial charge in [-0.3, -0.25) is 4.79 Å². The van der Waals surface area contributed by atoms with Crippen molar-refractivity contribution < 1.29 is 4.79 Å².